The van der Waals surface area contributed by atoms with Gasteiger partial charge in [-0.2, -0.15) is 0 Å². The summed E-state index contributed by atoms with van der Waals surface area (Å²) < 4.78 is 0. The molecule has 2 heteroatoms. The van der Waals surface area contributed by atoms with Gasteiger partial charge in [0.1, 0.15) is 0 Å². The van der Waals surface area contributed by atoms with Crippen LogP contribution in [0.3, 0.4) is 0 Å². The van der Waals surface area contributed by atoms with Crippen molar-refractivity contribution in [2.75, 3.05) is 0 Å². The second kappa shape index (κ2) is 18.6. The quantitative estimate of drug-likeness (QED) is 0.769. The Labute approximate surface area is 135 Å². The van der Waals surface area contributed by atoms with Crippen molar-refractivity contribution < 1.29 is 32.7 Å². The Hall–Kier alpha value is 0.284. The van der Waals surface area contributed by atoms with E-state index in [0.29, 0.717) is 12.0 Å². The minimum absolute atomic E-state index is 0. The third-order valence-electron chi connectivity index (χ3n) is 1.47. The molecule has 0 atom stereocenters. The molecule has 0 heterocycles. The van der Waals surface area contributed by atoms with Crippen molar-refractivity contribution in [3.8, 4) is 0 Å². The molecule has 17 heavy (non-hydrogen) atoms. The summed E-state index contributed by atoms with van der Waals surface area (Å²) in [5, 5.41) is 0. The fraction of sp³-hybridized carbons (Fsp3) is 0.600. The molecule has 1 nitrogen and oxygen atoms in total. The van der Waals surface area contributed by atoms with Crippen LogP contribution < -0.4 is 5.73 Å². The van der Waals surface area contributed by atoms with E-state index in [1.165, 1.54) is 5.56 Å². The molecule has 0 unspecified atom stereocenters. The van der Waals surface area contributed by atoms with Crippen LogP contribution in [-0.2, 0) is 32.7 Å². The van der Waals surface area contributed by atoms with Gasteiger partial charge in [-0.3, -0.25) is 0 Å². The summed E-state index contributed by atoms with van der Waals surface area (Å²) in [5.74, 6) is 0.659. The van der Waals surface area contributed by atoms with Crippen molar-refractivity contribution in [3.63, 3.8) is 0 Å². The van der Waals surface area contributed by atoms with E-state index in [2.05, 4.69) is 38.1 Å². The second-order valence-corrected chi connectivity index (χ2v) is 3.81. The Morgan fingerprint density at radius 3 is 1.29 bits per heavy atom. The van der Waals surface area contributed by atoms with E-state index in [1.54, 1.807) is 0 Å². The molecule has 0 aliphatic carbocycles. The maximum atomic E-state index is 5.11. The Kier molecular flexibility index (Phi) is 33.3. The van der Waals surface area contributed by atoms with Gasteiger partial charge >= 0.3 is 0 Å². The molecule has 1 aromatic rings. The van der Waals surface area contributed by atoms with Gasteiger partial charge in [-0.15, -0.1) is 0 Å². The minimum Gasteiger partial charge on any atom is -0.328 e. The molecule has 0 aliphatic rings. The maximum Gasteiger partial charge on any atom is 0 e. The Balaban J connectivity index is -0.0000000542. The van der Waals surface area contributed by atoms with Crippen molar-refractivity contribution in [2.24, 2.45) is 5.73 Å². The molecular formula is C15H33NY. The zero-order valence-electron chi connectivity index (χ0n) is 9.70. The normalized spacial score (nSPS) is 7.47. The van der Waals surface area contributed by atoms with Gasteiger partial charge in [-0.25, -0.2) is 0 Å². The summed E-state index contributed by atoms with van der Waals surface area (Å²) in [4.78, 5) is 0. The maximum absolute atomic E-state index is 5.11. The molecule has 0 aliphatic heterocycles. The van der Waals surface area contributed by atoms with Gasteiger partial charge in [-0.05, 0) is 17.5 Å². The Morgan fingerprint density at radius 1 is 0.824 bits per heavy atom. The van der Waals surface area contributed by atoms with E-state index in [1.807, 2.05) is 19.9 Å². The second-order valence-electron chi connectivity index (χ2n) is 3.81. The van der Waals surface area contributed by atoms with E-state index in [4.69, 9.17) is 5.73 Å². The average molecular weight is 316 g/mol. The van der Waals surface area contributed by atoms with E-state index >= 15 is 0 Å². The number of hydrogen-bond donors (Lipinski definition) is 1. The number of rotatable bonds is 1. The fourth-order valence-corrected chi connectivity index (χ4v) is 0.838. The fourth-order valence-electron chi connectivity index (χ4n) is 0.838. The van der Waals surface area contributed by atoms with Gasteiger partial charge < -0.3 is 5.73 Å². The minimum atomic E-state index is 0. The smallest absolute Gasteiger partial charge is 0 e. The third kappa shape index (κ3) is 22.0. The molecule has 2 N–H and O–H groups in total. The van der Waals surface area contributed by atoms with Crippen LogP contribution in [-0.4, -0.2) is 6.04 Å². The largest absolute Gasteiger partial charge is 0.328 e. The first-order valence-electron chi connectivity index (χ1n) is 4.84. The van der Waals surface area contributed by atoms with E-state index in [9.17, 15) is 0 Å². The molecule has 1 radical (unpaired) electrons. The van der Waals surface area contributed by atoms with E-state index in [0.717, 1.165) is 0 Å². The summed E-state index contributed by atoms with van der Waals surface area (Å²) in [6.07, 6.45) is 0. The molecule has 0 spiro atoms. The first-order chi connectivity index (χ1) is 6.04. The number of nitrogens with two attached hydrogens (primary N) is 1. The van der Waals surface area contributed by atoms with Crippen molar-refractivity contribution >= 4 is 0 Å². The zero-order chi connectivity index (χ0) is 10.3. The van der Waals surface area contributed by atoms with Crippen molar-refractivity contribution in [1.82, 2.24) is 0 Å². The molecule has 0 bridgehead atoms. The molecule has 101 valence electrons. The zero-order valence-corrected chi connectivity index (χ0v) is 12.5. The third-order valence-corrected chi connectivity index (χ3v) is 1.47. The van der Waals surface area contributed by atoms with E-state index < -0.39 is 0 Å². The Morgan fingerprint density at radius 2 is 1.12 bits per heavy atom. The van der Waals surface area contributed by atoms with Crippen molar-refractivity contribution in [3.05, 3.63) is 35.9 Å². The molecule has 0 saturated carbocycles. The van der Waals surface area contributed by atoms with Crippen LogP contribution in [0.5, 0.6) is 0 Å². The molecule has 0 aromatic heterocycles. The van der Waals surface area contributed by atoms with Gasteiger partial charge in [0, 0.05) is 32.7 Å². The SMILES string of the molecule is C.C.C.CC(C)N.CC(C)c1ccccc1.[Y]. The summed E-state index contributed by atoms with van der Waals surface area (Å²) in [6, 6.07) is 10.9. The van der Waals surface area contributed by atoms with Gasteiger partial charge in [0.05, 0.1) is 0 Å². The Bertz CT molecular complexity index is 205. The van der Waals surface area contributed by atoms with Crippen LogP contribution in [0.25, 0.3) is 0 Å². The van der Waals surface area contributed by atoms with E-state index in [-0.39, 0.29) is 55.0 Å². The first kappa shape index (κ1) is 30.4. The average Bonchev–Trinajstić information content (AvgIpc) is 2.05. The molecule has 1 aromatic carbocycles. The summed E-state index contributed by atoms with van der Waals surface area (Å²) in [5.41, 5.74) is 6.53. The van der Waals surface area contributed by atoms with Crippen LogP contribution in [0.4, 0.5) is 0 Å². The van der Waals surface area contributed by atoms with Gasteiger partial charge in [0.2, 0.25) is 0 Å². The van der Waals surface area contributed by atoms with Crippen LogP contribution in [0.1, 0.15) is 61.5 Å². The van der Waals surface area contributed by atoms with Crippen LogP contribution in [0.15, 0.2) is 30.3 Å². The molecule has 0 amide bonds. The number of benzene rings is 1. The standard InChI is InChI=1S/C9H12.C3H9N.3CH4.Y/c1-8(2)9-6-4-3-5-7-9;1-3(2)4;;;;/h3-8H,1-2H3;3H,4H2,1-2H3;3*1H4;. The van der Waals surface area contributed by atoms with Gasteiger partial charge in [0.15, 0.2) is 0 Å². The molecular weight excluding hydrogens is 283 g/mol. The van der Waals surface area contributed by atoms with Crippen molar-refractivity contribution in [2.45, 2.75) is 61.9 Å². The molecule has 0 saturated heterocycles. The van der Waals surface area contributed by atoms with Gasteiger partial charge in [-0.1, -0.05) is 80.3 Å². The van der Waals surface area contributed by atoms with Crippen LogP contribution in [0, 0.1) is 0 Å². The molecule has 1 rings (SSSR count). The topological polar surface area (TPSA) is 26.0 Å². The predicted octanol–water partition coefficient (Wildman–Crippen LogP) is 5.07. The molecule has 0 fully saturated rings. The van der Waals surface area contributed by atoms with Crippen LogP contribution >= 0.6 is 0 Å². The summed E-state index contributed by atoms with van der Waals surface area (Å²) >= 11 is 0. The summed E-state index contributed by atoms with van der Waals surface area (Å²) in [6.45, 7) is 8.30. The summed E-state index contributed by atoms with van der Waals surface area (Å²) in [7, 11) is 0. The van der Waals surface area contributed by atoms with Crippen LogP contribution in [0.2, 0.25) is 0 Å². The van der Waals surface area contributed by atoms with Crippen molar-refractivity contribution in [1.29, 1.82) is 0 Å². The predicted molar refractivity (Wildman–Crippen MR) is 80.0 cm³/mol. The first-order valence-corrected chi connectivity index (χ1v) is 4.84. The van der Waals surface area contributed by atoms with Gasteiger partial charge in [0.25, 0.3) is 0 Å². The number of hydrogen-bond acceptors (Lipinski definition) is 1. The monoisotopic (exact) mass is 316 g/mol.